The Morgan fingerprint density at radius 3 is 2.44 bits per heavy atom. The minimum Gasteiger partial charge on any atom is -0.341 e. The molecule has 1 aromatic rings. The molecule has 8 heteroatoms. The predicted molar refractivity (Wildman–Crippen MR) is 98.7 cm³/mol. The molecule has 3 amide bonds. The molecule has 3 rings (SSSR count). The lowest BCUT2D eigenvalue weighted by Crippen LogP contribution is -2.53. The van der Waals surface area contributed by atoms with E-state index in [-0.39, 0.29) is 11.9 Å². The average molecular weight is 366 g/mol. The van der Waals surface area contributed by atoms with Gasteiger partial charge in [0.25, 0.3) is 0 Å². The molecule has 2 aliphatic rings. The van der Waals surface area contributed by atoms with E-state index in [9.17, 15) is 9.59 Å². The van der Waals surface area contributed by atoms with Crippen LogP contribution in [0.25, 0.3) is 0 Å². The molecule has 2 aliphatic heterocycles. The first kappa shape index (κ1) is 18.1. The highest BCUT2D eigenvalue weighted by molar-refractivity contribution is 7.13. The fourth-order valence-electron chi connectivity index (χ4n) is 3.72. The predicted octanol–water partition coefficient (Wildman–Crippen LogP) is 1.80. The number of hydrogen-bond donors (Lipinski definition) is 1. The van der Waals surface area contributed by atoms with E-state index in [2.05, 4.69) is 29.0 Å². The molecule has 0 spiro atoms. The molecule has 2 saturated heterocycles. The third-order valence-corrected chi connectivity index (χ3v) is 5.57. The first-order valence-electron chi connectivity index (χ1n) is 8.97. The van der Waals surface area contributed by atoms with Crippen LogP contribution in [0.15, 0.2) is 11.6 Å². The van der Waals surface area contributed by atoms with Crippen LogP contribution in [0.1, 0.15) is 20.3 Å². The zero-order chi connectivity index (χ0) is 17.8. The van der Waals surface area contributed by atoms with Crippen LogP contribution in [-0.4, -0.2) is 77.4 Å². The fraction of sp³-hybridized carbons (Fsp3) is 0.706. The Morgan fingerprint density at radius 2 is 1.84 bits per heavy atom. The van der Waals surface area contributed by atoms with Gasteiger partial charge in [-0.2, -0.15) is 0 Å². The molecule has 7 nitrogen and oxygen atoms in total. The number of piperazine rings is 1. The maximum atomic E-state index is 12.6. The molecule has 138 valence electrons. The van der Waals surface area contributed by atoms with E-state index in [1.807, 2.05) is 10.3 Å². The van der Waals surface area contributed by atoms with Crippen molar-refractivity contribution in [2.45, 2.75) is 20.3 Å². The number of nitrogens with zero attached hydrogens (tertiary/aromatic N) is 4. The summed E-state index contributed by atoms with van der Waals surface area (Å²) in [5.74, 6) is 1.39. The van der Waals surface area contributed by atoms with E-state index in [1.165, 1.54) is 17.8 Å². The zero-order valence-electron chi connectivity index (χ0n) is 15.0. The van der Waals surface area contributed by atoms with E-state index in [1.54, 1.807) is 11.1 Å². The van der Waals surface area contributed by atoms with Gasteiger partial charge in [-0.05, 0) is 18.3 Å². The van der Waals surface area contributed by atoms with Gasteiger partial charge in [0.15, 0.2) is 5.13 Å². The topological polar surface area (TPSA) is 68.8 Å². The van der Waals surface area contributed by atoms with Crippen molar-refractivity contribution in [2.24, 2.45) is 11.8 Å². The lowest BCUT2D eigenvalue weighted by atomic mass is 9.92. The summed E-state index contributed by atoms with van der Waals surface area (Å²) in [6.45, 7) is 9.38. The van der Waals surface area contributed by atoms with Gasteiger partial charge in [-0.3, -0.25) is 15.0 Å². The van der Waals surface area contributed by atoms with Crippen LogP contribution in [0.3, 0.4) is 0 Å². The molecule has 1 N–H and O–H groups in total. The number of urea groups is 1. The summed E-state index contributed by atoms with van der Waals surface area (Å²) in [6, 6.07) is -0.111. The van der Waals surface area contributed by atoms with Gasteiger partial charge in [-0.1, -0.05) is 13.8 Å². The molecule has 2 atom stereocenters. The molecule has 2 fully saturated rings. The van der Waals surface area contributed by atoms with E-state index in [4.69, 9.17) is 0 Å². The highest BCUT2D eigenvalue weighted by Gasteiger charge is 2.28. The molecule has 0 bridgehead atoms. The van der Waals surface area contributed by atoms with Crippen molar-refractivity contribution in [3.63, 3.8) is 0 Å². The van der Waals surface area contributed by atoms with Gasteiger partial charge >= 0.3 is 6.03 Å². The molecule has 2 unspecified atom stereocenters. The lowest BCUT2D eigenvalue weighted by Gasteiger charge is -2.38. The van der Waals surface area contributed by atoms with Crippen LogP contribution in [0.2, 0.25) is 0 Å². The zero-order valence-corrected chi connectivity index (χ0v) is 15.8. The number of carbonyl (C=O) groups excluding carboxylic acids is 2. The molecule has 1 aromatic heterocycles. The van der Waals surface area contributed by atoms with Crippen LogP contribution in [0.5, 0.6) is 0 Å². The lowest BCUT2D eigenvalue weighted by molar-refractivity contribution is -0.135. The van der Waals surface area contributed by atoms with Crippen molar-refractivity contribution in [3.8, 4) is 0 Å². The number of likely N-dealkylation sites (tertiary alicyclic amines) is 1. The Labute approximate surface area is 153 Å². The Kier molecular flexibility index (Phi) is 5.90. The molecule has 0 radical (unpaired) electrons. The van der Waals surface area contributed by atoms with Crippen LogP contribution < -0.4 is 5.32 Å². The number of piperidine rings is 1. The number of thiazole rings is 1. The van der Waals surface area contributed by atoms with Crippen LogP contribution in [0.4, 0.5) is 9.93 Å². The first-order valence-corrected chi connectivity index (χ1v) is 9.84. The molecular formula is C17H27N5O2S. The van der Waals surface area contributed by atoms with Crippen molar-refractivity contribution in [1.82, 2.24) is 19.7 Å². The van der Waals surface area contributed by atoms with E-state index < -0.39 is 0 Å². The third-order valence-electron chi connectivity index (χ3n) is 4.89. The van der Waals surface area contributed by atoms with Gasteiger partial charge in [0.05, 0.1) is 6.54 Å². The second kappa shape index (κ2) is 8.14. The number of carbonyl (C=O) groups is 2. The van der Waals surface area contributed by atoms with E-state index in [0.717, 1.165) is 26.2 Å². The number of aromatic nitrogens is 1. The summed E-state index contributed by atoms with van der Waals surface area (Å²) in [5.41, 5.74) is 0. The minimum atomic E-state index is -0.111. The van der Waals surface area contributed by atoms with Crippen LogP contribution in [-0.2, 0) is 4.79 Å². The minimum absolute atomic E-state index is 0.111. The van der Waals surface area contributed by atoms with Gasteiger partial charge in [-0.15, -0.1) is 11.3 Å². The van der Waals surface area contributed by atoms with Crippen molar-refractivity contribution in [3.05, 3.63) is 11.6 Å². The second-order valence-electron chi connectivity index (χ2n) is 7.28. The maximum Gasteiger partial charge on any atom is 0.323 e. The molecule has 0 saturated carbocycles. The Balaban J connectivity index is 1.43. The largest absolute Gasteiger partial charge is 0.341 e. The van der Waals surface area contributed by atoms with Crippen LogP contribution in [0, 0.1) is 11.8 Å². The third kappa shape index (κ3) is 4.92. The molecule has 0 aromatic carbocycles. The number of hydrogen-bond acceptors (Lipinski definition) is 5. The number of rotatable bonds is 3. The highest BCUT2D eigenvalue weighted by atomic mass is 32.1. The average Bonchev–Trinajstić information content (AvgIpc) is 3.07. The molecule has 3 heterocycles. The Bertz CT molecular complexity index is 576. The van der Waals surface area contributed by atoms with Gasteiger partial charge in [0.1, 0.15) is 0 Å². The van der Waals surface area contributed by atoms with Crippen molar-refractivity contribution in [1.29, 1.82) is 0 Å². The number of amides is 3. The van der Waals surface area contributed by atoms with Crippen LogP contribution >= 0.6 is 11.3 Å². The first-order chi connectivity index (χ1) is 12.0. The highest BCUT2D eigenvalue weighted by Crippen LogP contribution is 2.21. The van der Waals surface area contributed by atoms with Crippen molar-refractivity contribution < 1.29 is 9.59 Å². The fourth-order valence-corrected chi connectivity index (χ4v) is 4.24. The molecule has 0 aliphatic carbocycles. The molecular weight excluding hydrogens is 338 g/mol. The summed E-state index contributed by atoms with van der Waals surface area (Å²) in [7, 11) is 0. The van der Waals surface area contributed by atoms with Gasteiger partial charge < -0.3 is 9.80 Å². The summed E-state index contributed by atoms with van der Waals surface area (Å²) in [5, 5.41) is 5.27. The van der Waals surface area contributed by atoms with Gasteiger partial charge in [-0.25, -0.2) is 9.78 Å². The SMILES string of the molecule is CC1CC(C)CN(C(=O)CN2CCN(C(=O)Nc3nccs3)CC2)C1. The Morgan fingerprint density at radius 1 is 1.16 bits per heavy atom. The maximum absolute atomic E-state index is 12.6. The normalized spacial score (nSPS) is 25.0. The summed E-state index contributed by atoms with van der Waals surface area (Å²) < 4.78 is 0. The Hall–Kier alpha value is -1.67. The van der Waals surface area contributed by atoms with E-state index in [0.29, 0.717) is 36.6 Å². The summed E-state index contributed by atoms with van der Waals surface area (Å²) in [6.07, 6.45) is 2.88. The smallest absolute Gasteiger partial charge is 0.323 e. The quantitative estimate of drug-likeness (QED) is 0.887. The number of nitrogens with one attached hydrogen (secondary N) is 1. The summed E-state index contributed by atoms with van der Waals surface area (Å²) >= 11 is 1.41. The van der Waals surface area contributed by atoms with Gasteiger partial charge in [0, 0.05) is 50.8 Å². The standard InChI is InChI=1S/C17H27N5O2S/c1-13-9-14(2)11-22(10-13)15(23)12-20-4-6-21(7-5-20)17(24)19-16-18-3-8-25-16/h3,8,13-14H,4-7,9-12H2,1-2H3,(H,18,19,24). The monoisotopic (exact) mass is 365 g/mol. The van der Waals surface area contributed by atoms with Crippen molar-refractivity contribution in [2.75, 3.05) is 51.1 Å². The second-order valence-corrected chi connectivity index (χ2v) is 8.17. The summed E-state index contributed by atoms with van der Waals surface area (Å²) in [4.78, 5) is 34.8. The van der Waals surface area contributed by atoms with E-state index >= 15 is 0 Å². The van der Waals surface area contributed by atoms with Gasteiger partial charge in [0.2, 0.25) is 5.91 Å². The number of anilines is 1. The molecule has 25 heavy (non-hydrogen) atoms. The van der Waals surface area contributed by atoms with Crippen molar-refractivity contribution >= 4 is 28.4 Å².